The Labute approximate surface area is 83.1 Å². The molecule has 1 rings (SSSR count). The topological polar surface area (TPSA) is 78.0 Å². The van der Waals surface area contributed by atoms with E-state index in [1.807, 2.05) is 22.9 Å². The molecule has 0 fully saturated rings. The largest absolute Gasteiger partial charge is 0.480 e. The molecule has 12 heavy (non-hydrogen) atoms. The molecule has 1 heterocycles. The van der Waals surface area contributed by atoms with Gasteiger partial charge >= 0.3 is 5.97 Å². The summed E-state index contributed by atoms with van der Waals surface area (Å²) in [6, 6.07) is -0.564. The maximum atomic E-state index is 10.6. The molecule has 5 nitrogen and oxygen atoms in total. The number of aromatic amines is 1. The van der Waals surface area contributed by atoms with Gasteiger partial charge in [-0.05, 0) is 0 Å². The van der Waals surface area contributed by atoms with Crippen molar-refractivity contribution in [1.29, 1.82) is 0 Å². The van der Waals surface area contributed by atoms with Crippen molar-refractivity contribution in [2.24, 2.45) is 0 Å². The fourth-order valence-corrected chi connectivity index (χ4v) is 1.28. The highest BCUT2D eigenvalue weighted by atomic mass is 127. The summed E-state index contributed by atoms with van der Waals surface area (Å²) in [4.78, 5) is 17.2. The minimum absolute atomic E-state index is 0.415. The van der Waals surface area contributed by atoms with Crippen molar-refractivity contribution < 1.29 is 9.90 Å². The fraction of sp³-hybridized carbons (Fsp3) is 0.333. The van der Waals surface area contributed by atoms with Crippen LogP contribution in [0.3, 0.4) is 0 Å². The maximum Gasteiger partial charge on any atom is 0.321 e. The predicted molar refractivity (Wildman–Crippen MR) is 50.9 cm³/mol. The lowest BCUT2D eigenvalue weighted by molar-refractivity contribution is -0.138. The quantitative estimate of drug-likeness (QED) is 0.549. The van der Waals surface area contributed by atoms with Gasteiger partial charge in [0, 0.05) is 41.2 Å². The number of carboxylic acid groups (broad SMARTS) is 1. The van der Waals surface area contributed by atoms with E-state index >= 15 is 0 Å². The van der Waals surface area contributed by atoms with E-state index in [0.29, 0.717) is 6.42 Å². The third-order valence-electron chi connectivity index (χ3n) is 1.41. The van der Waals surface area contributed by atoms with Gasteiger partial charge in [-0.25, -0.2) is 8.51 Å². The smallest absolute Gasteiger partial charge is 0.321 e. The van der Waals surface area contributed by atoms with Crippen molar-refractivity contribution in [1.82, 2.24) is 13.5 Å². The lowest BCUT2D eigenvalue weighted by Crippen LogP contribution is -2.32. The number of H-pyrrole nitrogens is 1. The zero-order valence-corrected chi connectivity index (χ0v) is 8.28. The van der Waals surface area contributed by atoms with Crippen molar-refractivity contribution in [3.05, 3.63) is 18.2 Å². The van der Waals surface area contributed by atoms with Crippen LogP contribution in [0.25, 0.3) is 0 Å². The summed E-state index contributed by atoms with van der Waals surface area (Å²) in [6.07, 6.45) is 3.56. The van der Waals surface area contributed by atoms with Crippen molar-refractivity contribution >= 4 is 28.8 Å². The van der Waals surface area contributed by atoms with E-state index in [-0.39, 0.29) is 0 Å². The minimum atomic E-state index is -0.862. The molecule has 0 aliphatic carbocycles. The highest BCUT2D eigenvalue weighted by molar-refractivity contribution is 14.1. The minimum Gasteiger partial charge on any atom is -0.480 e. The normalized spacial score (nSPS) is 12.8. The average molecular weight is 281 g/mol. The van der Waals surface area contributed by atoms with Crippen molar-refractivity contribution in [3.8, 4) is 0 Å². The molecule has 1 aromatic heterocycles. The maximum absolute atomic E-state index is 10.6. The predicted octanol–water partition coefficient (Wildman–Crippen LogP) is 0.345. The lowest BCUT2D eigenvalue weighted by Gasteiger charge is -2.06. The molecule has 0 saturated heterocycles. The van der Waals surface area contributed by atoms with Gasteiger partial charge in [0.1, 0.15) is 6.04 Å². The van der Waals surface area contributed by atoms with E-state index in [1.165, 1.54) is 6.33 Å². The first-order valence-corrected chi connectivity index (χ1v) is 4.38. The molecule has 0 spiro atoms. The second-order valence-electron chi connectivity index (χ2n) is 2.28. The summed E-state index contributed by atoms with van der Waals surface area (Å²) >= 11 is 1.82. The molecule has 1 atom stereocenters. The Balaban J connectivity index is 2.54. The van der Waals surface area contributed by atoms with E-state index in [1.54, 1.807) is 6.20 Å². The molecular weight excluding hydrogens is 273 g/mol. The molecule has 0 bridgehead atoms. The van der Waals surface area contributed by atoms with E-state index in [9.17, 15) is 4.79 Å². The number of aliphatic carboxylic acids is 1. The van der Waals surface area contributed by atoms with Gasteiger partial charge in [-0.3, -0.25) is 4.79 Å². The van der Waals surface area contributed by atoms with E-state index < -0.39 is 12.0 Å². The number of carboxylic acids is 1. The summed E-state index contributed by atoms with van der Waals surface area (Å²) in [7, 11) is 0. The number of halogens is 1. The van der Waals surface area contributed by atoms with Crippen LogP contribution in [-0.2, 0) is 11.2 Å². The van der Waals surface area contributed by atoms with Gasteiger partial charge in [-0.15, -0.1) is 0 Å². The highest BCUT2D eigenvalue weighted by Gasteiger charge is 2.16. The number of nitrogens with one attached hydrogen (secondary N) is 2. The first-order chi connectivity index (χ1) is 5.74. The van der Waals surface area contributed by atoms with Gasteiger partial charge < -0.3 is 10.1 Å². The molecule has 3 N–H and O–H groups in total. The lowest BCUT2D eigenvalue weighted by atomic mass is 10.2. The highest BCUT2D eigenvalue weighted by Crippen LogP contribution is 1.99. The summed E-state index contributed by atoms with van der Waals surface area (Å²) in [5.74, 6) is -0.862. The van der Waals surface area contributed by atoms with Gasteiger partial charge in [0.15, 0.2) is 0 Å². The van der Waals surface area contributed by atoms with Crippen LogP contribution in [-0.4, -0.2) is 27.1 Å². The second-order valence-corrected chi connectivity index (χ2v) is 2.90. The SMILES string of the molecule is O=C(O)C(Cc1cnc[nH]1)NI. The van der Waals surface area contributed by atoms with Crippen molar-refractivity contribution in [3.63, 3.8) is 0 Å². The molecule has 0 saturated carbocycles. The summed E-state index contributed by atoms with van der Waals surface area (Å²) in [5.41, 5.74) is 0.812. The molecule has 66 valence electrons. The summed E-state index contributed by atoms with van der Waals surface area (Å²) < 4.78 is 2.66. The molecule has 0 aromatic carbocycles. The van der Waals surface area contributed by atoms with Gasteiger partial charge in [0.2, 0.25) is 0 Å². The first kappa shape index (κ1) is 9.46. The van der Waals surface area contributed by atoms with Crippen LogP contribution in [0.2, 0.25) is 0 Å². The van der Waals surface area contributed by atoms with E-state index in [4.69, 9.17) is 5.11 Å². The molecule has 0 aliphatic rings. The number of hydrogen-bond donors (Lipinski definition) is 3. The fourth-order valence-electron chi connectivity index (χ4n) is 0.789. The first-order valence-electron chi connectivity index (χ1n) is 3.30. The molecule has 0 radical (unpaired) electrons. The molecule has 6 heteroatoms. The Kier molecular flexibility index (Phi) is 3.48. The standard InChI is InChI=1S/C6H8IN3O2/c7-10-5(6(11)12)1-4-2-8-3-9-4/h2-3,5,10H,1H2,(H,8,9)(H,11,12). The number of carbonyl (C=O) groups is 1. The zero-order valence-electron chi connectivity index (χ0n) is 6.12. The Hall–Kier alpha value is -0.630. The zero-order chi connectivity index (χ0) is 8.97. The number of rotatable bonds is 4. The van der Waals surface area contributed by atoms with Gasteiger partial charge in [-0.2, -0.15) is 0 Å². The monoisotopic (exact) mass is 281 g/mol. The van der Waals surface area contributed by atoms with Crippen molar-refractivity contribution in [2.75, 3.05) is 0 Å². The summed E-state index contributed by atoms with van der Waals surface area (Å²) in [6.45, 7) is 0. The van der Waals surface area contributed by atoms with Crippen LogP contribution in [0.4, 0.5) is 0 Å². The third kappa shape index (κ3) is 2.45. The van der Waals surface area contributed by atoms with Crippen LogP contribution in [0.1, 0.15) is 5.69 Å². The average Bonchev–Trinajstić information content (AvgIpc) is 2.51. The van der Waals surface area contributed by atoms with Crippen molar-refractivity contribution in [2.45, 2.75) is 12.5 Å². The molecule has 0 amide bonds. The van der Waals surface area contributed by atoms with Gasteiger partial charge in [0.25, 0.3) is 0 Å². The van der Waals surface area contributed by atoms with Gasteiger partial charge in [0.05, 0.1) is 6.33 Å². The van der Waals surface area contributed by atoms with Crippen LogP contribution in [0, 0.1) is 0 Å². The third-order valence-corrected chi connectivity index (χ3v) is 2.16. The molecule has 1 aromatic rings. The number of hydrogen-bond acceptors (Lipinski definition) is 3. The number of imidazole rings is 1. The van der Waals surface area contributed by atoms with Crippen LogP contribution in [0.5, 0.6) is 0 Å². The Morgan fingerprint density at radius 2 is 2.67 bits per heavy atom. The molecular formula is C6H8IN3O2. The number of aromatic nitrogens is 2. The Morgan fingerprint density at radius 3 is 3.08 bits per heavy atom. The molecule has 1 unspecified atom stereocenters. The molecule has 0 aliphatic heterocycles. The van der Waals surface area contributed by atoms with Crippen LogP contribution < -0.4 is 3.53 Å². The number of nitrogens with zero attached hydrogens (tertiary/aromatic N) is 1. The van der Waals surface area contributed by atoms with E-state index in [0.717, 1.165) is 5.69 Å². The van der Waals surface area contributed by atoms with Crippen LogP contribution >= 0.6 is 22.9 Å². The van der Waals surface area contributed by atoms with E-state index in [2.05, 4.69) is 13.5 Å². The summed E-state index contributed by atoms with van der Waals surface area (Å²) in [5, 5.41) is 8.67. The second kappa shape index (κ2) is 4.41. The van der Waals surface area contributed by atoms with Gasteiger partial charge in [-0.1, -0.05) is 0 Å². The van der Waals surface area contributed by atoms with Crippen LogP contribution in [0.15, 0.2) is 12.5 Å². The Morgan fingerprint density at radius 1 is 1.92 bits per heavy atom. The Bertz CT molecular complexity index is 249.